The monoisotopic (exact) mass is 533 g/mol. The number of anilines is 1. The fourth-order valence-electron chi connectivity index (χ4n) is 4.84. The number of hydrogen-bond donors (Lipinski definition) is 1. The first-order valence-electron chi connectivity index (χ1n) is 12.3. The van der Waals surface area contributed by atoms with E-state index < -0.39 is 0 Å². The Bertz CT molecular complexity index is 1900. The second-order valence-electron chi connectivity index (χ2n) is 8.98. The Hall–Kier alpha value is -4.89. The number of carbonyl (C=O) groups excluding carboxylic acids is 1. The van der Waals surface area contributed by atoms with Crippen LogP contribution in [0.1, 0.15) is 29.0 Å². The predicted octanol–water partition coefficient (Wildman–Crippen LogP) is 6.05. The van der Waals surface area contributed by atoms with Crippen molar-refractivity contribution in [3.8, 4) is 22.6 Å². The van der Waals surface area contributed by atoms with Crippen molar-refractivity contribution in [1.82, 2.24) is 19.5 Å². The number of fused-ring (bicyclic) bond motifs is 2. The Balaban J connectivity index is 1.57. The summed E-state index contributed by atoms with van der Waals surface area (Å²) in [5.74, 6) is 1.06. The highest BCUT2D eigenvalue weighted by atomic mass is 32.1. The van der Waals surface area contributed by atoms with Crippen LogP contribution in [0.2, 0.25) is 0 Å². The maximum atomic E-state index is 14.4. The maximum absolute atomic E-state index is 14.4. The van der Waals surface area contributed by atoms with E-state index >= 15 is 0 Å². The van der Waals surface area contributed by atoms with Gasteiger partial charge in [0.1, 0.15) is 22.4 Å². The molecule has 6 aromatic rings. The lowest BCUT2D eigenvalue weighted by Crippen LogP contribution is -2.26. The average Bonchev–Trinajstić information content (AvgIpc) is 3.47. The lowest BCUT2D eigenvalue weighted by Gasteiger charge is -2.22. The van der Waals surface area contributed by atoms with Crippen LogP contribution < -0.4 is 15.6 Å². The maximum Gasteiger partial charge on any atom is 0.263 e. The molecule has 39 heavy (non-hydrogen) atoms. The van der Waals surface area contributed by atoms with Gasteiger partial charge in [0.15, 0.2) is 12.1 Å². The number of carbonyl (C=O) groups is 1. The fourth-order valence-corrected chi connectivity index (χ4v) is 5.47. The lowest BCUT2D eigenvalue weighted by atomic mass is 9.96. The summed E-state index contributed by atoms with van der Waals surface area (Å²) in [6, 6.07) is 22.4. The molecule has 8 nitrogen and oxygen atoms in total. The molecule has 3 aromatic heterocycles. The zero-order chi connectivity index (χ0) is 26.9. The highest BCUT2D eigenvalue weighted by Gasteiger charge is 2.20. The molecule has 0 bridgehead atoms. The van der Waals surface area contributed by atoms with E-state index in [0.717, 1.165) is 39.0 Å². The van der Waals surface area contributed by atoms with Crippen LogP contribution in [0, 0.1) is 0 Å². The molecule has 0 saturated heterocycles. The van der Waals surface area contributed by atoms with Crippen LogP contribution in [0.3, 0.4) is 0 Å². The van der Waals surface area contributed by atoms with E-state index in [1.807, 2.05) is 67.6 Å². The molecule has 9 heteroatoms. The number of aromatic nitrogens is 4. The summed E-state index contributed by atoms with van der Waals surface area (Å²) in [5, 5.41) is 4.82. The third kappa shape index (κ3) is 4.32. The Morgan fingerprint density at radius 1 is 1.00 bits per heavy atom. The summed E-state index contributed by atoms with van der Waals surface area (Å²) in [6.45, 7) is 1.99. The van der Waals surface area contributed by atoms with Gasteiger partial charge in [0.2, 0.25) is 0 Å². The number of aldehydes is 1. The number of hydrogen-bond acceptors (Lipinski definition) is 8. The Morgan fingerprint density at radius 2 is 1.85 bits per heavy atom. The molecular weight excluding hydrogens is 510 g/mol. The van der Waals surface area contributed by atoms with Crippen molar-refractivity contribution in [2.24, 2.45) is 0 Å². The van der Waals surface area contributed by atoms with Gasteiger partial charge in [-0.3, -0.25) is 14.2 Å². The molecule has 0 amide bonds. The lowest BCUT2D eigenvalue weighted by molar-refractivity contribution is 0.112. The first kappa shape index (κ1) is 24.4. The van der Waals surface area contributed by atoms with Crippen molar-refractivity contribution in [1.29, 1.82) is 0 Å². The topological polar surface area (TPSA) is 99.0 Å². The van der Waals surface area contributed by atoms with E-state index in [9.17, 15) is 9.59 Å². The minimum absolute atomic E-state index is 0.155. The van der Waals surface area contributed by atoms with Crippen molar-refractivity contribution in [2.45, 2.75) is 13.0 Å². The molecule has 0 aliphatic rings. The van der Waals surface area contributed by atoms with E-state index in [-0.39, 0.29) is 11.6 Å². The molecule has 3 heterocycles. The highest BCUT2D eigenvalue weighted by molar-refractivity contribution is 7.16. The summed E-state index contributed by atoms with van der Waals surface area (Å²) < 4.78 is 7.16. The number of nitrogens with zero attached hydrogens (tertiary/aromatic N) is 4. The molecular formula is C30H23N5O3S. The average molecular weight is 534 g/mol. The number of para-hydroxylation sites is 1. The zero-order valence-electron chi connectivity index (χ0n) is 21.2. The summed E-state index contributed by atoms with van der Waals surface area (Å²) in [4.78, 5) is 39.7. The number of nitrogens with one attached hydrogen (secondary N) is 1. The molecule has 1 N–H and O–H groups in total. The van der Waals surface area contributed by atoms with Crippen LogP contribution >= 0.6 is 11.3 Å². The van der Waals surface area contributed by atoms with Gasteiger partial charge in [-0.1, -0.05) is 42.5 Å². The molecule has 1 atom stereocenters. The van der Waals surface area contributed by atoms with Crippen molar-refractivity contribution in [2.75, 3.05) is 12.4 Å². The first-order chi connectivity index (χ1) is 19.1. The number of rotatable bonds is 7. The summed E-state index contributed by atoms with van der Waals surface area (Å²) in [7, 11) is 1.52. The molecule has 192 valence electrons. The standard InChI is InChI=1S/C30H23N5O3S/c1-18(34-28-27-29(32-16-31-28)39-17-33-27)24-13-20-7-6-10-23(19-11-12-21(15-36)25(14-19)38-2)26(20)30(37)35(24)22-8-4-3-5-9-22/h3-18H,1-2H3,(H,31,32,34)/t18-/m0/s1. The van der Waals surface area contributed by atoms with Crippen molar-refractivity contribution in [3.63, 3.8) is 0 Å². The van der Waals surface area contributed by atoms with Gasteiger partial charge in [0.05, 0.1) is 29.6 Å². The minimum Gasteiger partial charge on any atom is -0.496 e. The molecule has 0 aliphatic carbocycles. The number of ether oxygens (including phenoxy) is 1. The van der Waals surface area contributed by atoms with Gasteiger partial charge >= 0.3 is 0 Å². The van der Waals surface area contributed by atoms with Gasteiger partial charge in [-0.25, -0.2) is 15.0 Å². The van der Waals surface area contributed by atoms with Crippen LogP contribution in [-0.4, -0.2) is 32.9 Å². The molecule has 0 radical (unpaired) electrons. The van der Waals surface area contributed by atoms with Gasteiger partial charge in [-0.2, -0.15) is 0 Å². The van der Waals surface area contributed by atoms with Gasteiger partial charge in [0, 0.05) is 11.4 Å². The summed E-state index contributed by atoms with van der Waals surface area (Å²) >= 11 is 1.45. The smallest absolute Gasteiger partial charge is 0.263 e. The quantitative estimate of drug-likeness (QED) is 0.249. The molecule has 3 aromatic carbocycles. The second kappa shape index (κ2) is 10.1. The van der Waals surface area contributed by atoms with Crippen LogP contribution in [0.5, 0.6) is 5.75 Å². The van der Waals surface area contributed by atoms with E-state index in [0.29, 0.717) is 28.0 Å². The normalized spacial score (nSPS) is 11.9. The van der Waals surface area contributed by atoms with E-state index in [4.69, 9.17) is 4.74 Å². The Labute approximate surface area is 227 Å². The summed E-state index contributed by atoms with van der Waals surface area (Å²) in [5.41, 5.74) is 5.78. The van der Waals surface area contributed by atoms with Crippen LogP contribution in [-0.2, 0) is 0 Å². The molecule has 0 spiro atoms. The third-order valence-corrected chi connectivity index (χ3v) is 7.43. The van der Waals surface area contributed by atoms with Crippen molar-refractivity contribution < 1.29 is 9.53 Å². The highest BCUT2D eigenvalue weighted by Crippen LogP contribution is 2.33. The first-order valence-corrected chi connectivity index (χ1v) is 13.2. The summed E-state index contributed by atoms with van der Waals surface area (Å²) in [6.07, 6.45) is 2.27. The minimum atomic E-state index is -0.294. The third-order valence-electron chi connectivity index (χ3n) is 6.69. The Kier molecular flexibility index (Phi) is 6.34. The van der Waals surface area contributed by atoms with Crippen molar-refractivity contribution >= 4 is 44.6 Å². The van der Waals surface area contributed by atoms with Gasteiger partial charge < -0.3 is 10.1 Å². The van der Waals surface area contributed by atoms with Crippen LogP contribution in [0.15, 0.2) is 89.4 Å². The van der Waals surface area contributed by atoms with Gasteiger partial charge in [-0.05, 0) is 53.8 Å². The second-order valence-corrected chi connectivity index (χ2v) is 9.82. The van der Waals surface area contributed by atoms with Crippen LogP contribution in [0.25, 0.3) is 37.9 Å². The number of methoxy groups -OCH3 is 1. The van der Waals surface area contributed by atoms with Gasteiger partial charge in [0.25, 0.3) is 5.56 Å². The van der Waals surface area contributed by atoms with Crippen LogP contribution in [0.4, 0.5) is 5.82 Å². The largest absolute Gasteiger partial charge is 0.496 e. The van der Waals surface area contributed by atoms with E-state index in [2.05, 4.69) is 20.3 Å². The number of pyridine rings is 1. The molecule has 0 saturated carbocycles. The SMILES string of the molecule is COc1cc(-c2cccc3cc([C@H](C)Nc4ncnc5scnc45)n(-c4ccccc4)c(=O)c23)ccc1C=O. The number of thiazole rings is 1. The predicted molar refractivity (Wildman–Crippen MR) is 154 cm³/mol. The molecule has 0 unspecified atom stereocenters. The van der Waals surface area contributed by atoms with E-state index in [1.54, 1.807) is 22.2 Å². The van der Waals surface area contributed by atoms with Crippen molar-refractivity contribution in [3.05, 3.63) is 106 Å². The molecule has 0 fully saturated rings. The van der Waals surface area contributed by atoms with E-state index in [1.165, 1.54) is 24.8 Å². The molecule has 0 aliphatic heterocycles. The van der Waals surface area contributed by atoms with Gasteiger partial charge in [-0.15, -0.1) is 11.3 Å². The zero-order valence-corrected chi connectivity index (χ0v) is 22.0. The number of benzene rings is 3. The Morgan fingerprint density at radius 3 is 2.64 bits per heavy atom. The fraction of sp³-hybridized carbons (Fsp3) is 0.100. The molecule has 6 rings (SSSR count).